The Bertz CT molecular complexity index is 1380. The first-order chi connectivity index (χ1) is 19.1. The number of hydrogen-bond acceptors (Lipinski definition) is 5. The molecule has 0 aromatic heterocycles. The highest BCUT2D eigenvalue weighted by Crippen LogP contribution is 2.69. The standard InChI is InChI=1S/C33H37N3O3/c1-34-18-19-35-31(38)33-21-36-29(27(37)20-22-10-6-9-15-28(22)39-2)30(33)32(23-11-4-3-5-12-23)17-16-26(33)24-13-7-8-14-25(24)32/h3-15,26,29-30,34,36H,16-21H2,1-2H3,(H,35,38). The Hall–Kier alpha value is -3.48. The van der Waals surface area contributed by atoms with Crippen molar-refractivity contribution in [2.45, 2.75) is 36.6 Å². The molecule has 6 heteroatoms. The van der Waals surface area contributed by atoms with Gasteiger partial charge in [-0.2, -0.15) is 0 Å². The van der Waals surface area contributed by atoms with Crippen LogP contribution >= 0.6 is 0 Å². The fraction of sp³-hybridized carbons (Fsp3) is 0.394. The summed E-state index contributed by atoms with van der Waals surface area (Å²) in [4.78, 5) is 28.6. The Kier molecular flexibility index (Phi) is 6.77. The van der Waals surface area contributed by atoms with Gasteiger partial charge in [-0.25, -0.2) is 0 Å². The molecule has 2 bridgehead atoms. The number of likely N-dealkylation sites (N-methyl/N-ethyl adjacent to an activating group) is 1. The van der Waals surface area contributed by atoms with E-state index in [-0.39, 0.29) is 29.9 Å². The smallest absolute Gasteiger partial charge is 0.228 e. The van der Waals surface area contributed by atoms with Gasteiger partial charge in [0.2, 0.25) is 5.91 Å². The lowest BCUT2D eigenvalue weighted by Crippen LogP contribution is -2.64. The van der Waals surface area contributed by atoms with Crippen molar-refractivity contribution in [2.75, 3.05) is 33.8 Å². The molecule has 2 fully saturated rings. The fourth-order valence-electron chi connectivity index (χ4n) is 8.10. The minimum absolute atomic E-state index is 0.0513. The van der Waals surface area contributed by atoms with E-state index in [1.54, 1.807) is 7.11 Å². The van der Waals surface area contributed by atoms with Gasteiger partial charge in [0.25, 0.3) is 0 Å². The summed E-state index contributed by atoms with van der Waals surface area (Å²) in [6.45, 7) is 1.73. The van der Waals surface area contributed by atoms with E-state index >= 15 is 0 Å². The van der Waals surface area contributed by atoms with Crippen molar-refractivity contribution >= 4 is 11.7 Å². The van der Waals surface area contributed by atoms with Gasteiger partial charge in [0.15, 0.2) is 5.78 Å². The van der Waals surface area contributed by atoms with Gasteiger partial charge in [-0.3, -0.25) is 9.59 Å². The Morgan fingerprint density at radius 2 is 1.72 bits per heavy atom. The van der Waals surface area contributed by atoms with Crippen LogP contribution in [0.1, 0.15) is 41.0 Å². The van der Waals surface area contributed by atoms with Crippen LogP contribution in [0.15, 0.2) is 78.9 Å². The zero-order valence-corrected chi connectivity index (χ0v) is 22.7. The second-order valence-corrected chi connectivity index (χ2v) is 11.2. The van der Waals surface area contributed by atoms with E-state index in [9.17, 15) is 9.59 Å². The summed E-state index contributed by atoms with van der Waals surface area (Å²) in [6.07, 6.45) is 2.08. The summed E-state index contributed by atoms with van der Waals surface area (Å²) in [5.41, 5.74) is 3.42. The molecule has 202 valence electrons. The summed E-state index contributed by atoms with van der Waals surface area (Å²) >= 11 is 0. The highest BCUT2D eigenvalue weighted by Gasteiger charge is 2.71. The summed E-state index contributed by atoms with van der Waals surface area (Å²) in [7, 11) is 3.53. The summed E-state index contributed by atoms with van der Waals surface area (Å²) in [6, 6.07) is 26.5. The highest BCUT2D eigenvalue weighted by molar-refractivity contribution is 5.93. The molecule has 1 heterocycles. The number of rotatable bonds is 9. The molecular formula is C33H37N3O3. The monoisotopic (exact) mass is 523 g/mol. The van der Waals surface area contributed by atoms with Crippen LogP contribution in [0.25, 0.3) is 0 Å². The topological polar surface area (TPSA) is 79.5 Å². The average molecular weight is 524 g/mol. The first-order valence-corrected chi connectivity index (χ1v) is 14.0. The van der Waals surface area contributed by atoms with Crippen molar-refractivity contribution in [3.63, 3.8) is 0 Å². The number of methoxy groups -OCH3 is 1. The number of Topliss-reactive ketones (excluding diaryl/α,β-unsaturated/α-hetero) is 1. The Morgan fingerprint density at radius 1 is 0.974 bits per heavy atom. The number of ketones is 1. The molecule has 3 aromatic carbocycles. The third-order valence-corrected chi connectivity index (χ3v) is 9.58. The molecule has 39 heavy (non-hydrogen) atoms. The van der Waals surface area contributed by atoms with E-state index in [1.165, 1.54) is 16.7 Å². The van der Waals surface area contributed by atoms with E-state index in [2.05, 4.69) is 64.5 Å². The van der Waals surface area contributed by atoms with Crippen LogP contribution in [-0.2, 0) is 21.4 Å². The highest BCUT2D eigenvalue weighted by atomic mass is 16.5. The van der Waals surface area contributed by atoms with Crippen LogP contribution in [0.2, 0.25) is 0 Å². The lowest BCUT2D eigenvalue weighted by Gasteiger charge is -2.61. The van der Waals surface area contributed by atoms with Crippen molar-refractivity contribution in [1.82, 2.24) is 16.0 Å². The van der Waals surface area contributed by atoms with Crippen LogP contribution in [0.4, 0.5) is 0 Å². The van der Waals surface area contributed by atoms with Gasteiger partial charge >= 0.3 is 0 Å². The summed E-state index contributed by atoms with van der Waals surface area (Å²) in [5, 5.41) is 10.0. The van der Waals surface area contributed by atoms with Crippen LogP contribution in [-0.4, -0.2) is 51.5 Å². The number of ether oxygens (including phenoxy) is 1. The Morgan fingerprint density at radius 3 is 2.51 bits per heavy atom. The minimum atomic E-state index is -0.725. The van der Waals surface area contributed by atoms with E-state index in [4.69, 9.17) is 4.74 Å². The molecular weight excluding hydrogens is 486 g/mol. The molecule has 1 aliphatic heterocycles. The maximum atomic E-state index is 14.4. The van der Waals surface area contributed by atoms with Crippen molar-refractivity contribution in [1.29, 1.82) is 0 Å². The molecule has 7 rings (SSSR count). The molecule has 5 atom stereocenters. The third kappa shape index (κ3) is 3.84. The van der Waals surface area contributed by atoms with Crippen LogP contribution in [0.3, 0.4) is 0 Å². The van der Waals surface area contributed by atoms with Gasteiger partial charge in [0.1, 0.15) is 5.75 Å². The van der Waals surface area contributed by atoms with E-state index < -0.39 is 16.9 Å². The number of hydrogen-bond donors (Lipinski definition) is 3. The second kappa shape index (κ2) is 10.2. The number of para-hydroxylation sites is 1. The molecule has 0 radical (unpaired) electrons. The first-order valence-electron chi connectivity index (χ1n) is 14.0. The average Bonchev–Trinajstić information content (AvgIpc) is 3.42. The molecule has 0 spiro atoms. The second-order valence-electron chi connectivity index (χ2n) is 11.2. The third-order valence-electron chi connectivity index (χ3n) is 9.58. The van der Waals surface area contributed by atoms with E-state index in [0.717, 1.165) is 18.4 Å². The van der Waals surface area contributed by atoms with Gasteiger partial charge in [-0.1, -0.05) is 72.8 Å². The SMILES string of the molecule is CNCCNC(=O)C12CNC(C(=O)Cc3ccccc3OC)C1C1(c3ccccc3)CCC2c2ccccc21. The van der Waals surface area contributed by atoms with Gasteiger partial charge in [0, 0.05) is 48.9 Å². The lowest BCUT2D eigenvalue weighted by molar-refractivity contribution is -0.140. The maximum Gasteiger partial charge on any atom is 0.228 e. The molecule has 3 aliphatic carbocycles. The molecule has 3 aromatic rings. The van der Waals surface area contributed by atoms with Crippen molar-refractivity contribution < 1.29 is 14.3 Å². The number of carbonyl (C=O) groups is 2. The summed E-state index contributed by atoms with van der Waals surface area (Å²) in [5.74, 6) is 0.721. The predicted octanol–water partition coefficient (Wildman–Crippen LogP) is 3.59. The van der Waals surface area contributed by atoms with Crippen LogP contribution in [0, 0.1) is 11.3 Å². The molecule has 4 aliphatic rings. The summed E-state index contributed by atoms with van der Waals surface area (Å²) < 4.78 is 5.57. The zero-order valence-electron chi connectivity index (χ0n) is 22.7. The molecule has 1 amide bonds. The zero-order chi connectivity index (χ0) is 27.0. The molecule has 1 saturated heterocycles. The van der Waals surface area contributed by atoms with Crippen LogP contribution in [0.5, 0.6) is 5.75 Å². The van der Waals surface area contributed by atoms with E-state index in [0.29, 0.717) is 25.4 Å². The quantitative estimate of drug-likeness (QED) is 0.374. The predicted molar refractivity (Wildman–Crippen MR) is 152 cm³/mol. The molecule has 6 nitrogen and oxygen atoms in total. The molecule has 1 saturated carbocycles. The van der Waals surface area contributed by atoms with Gasteiger partial charge in [0.05, 0.1) is 18.6 Å². The normalized spacial score (nSPS) is 28.4. The van der Waals surface area contributed by atoms with Crippen molar-refractivity contribution in [3.05, 3.63) is 101 Å². The molecule has 3 N–H and O–H groups in total. The maximum absolute atomic E-state index is 14.4. The number of fused-ring (bicyclic) bond motifs is 1. The number of benzene rings is 3. The minimum Gasteiger partial charge on any atom is -0.496 e. The largest absolute Gasteiger partial charge is 0.496 e. The number of nitrogens with one attached hydrogen (secondary N) is 3. The van der Waals surface area contributed by atoms with Gasteiger partial charge in [-0.15, -0.1) is 0 Å². The first kappa shape index (κ1) is 25.8. The Labute approximate surface area is 230 Å². The Balaban J connectivity index is 1.51. The fourth-order valence-corrected chi connectivity index (χ4v) is 8.10. The van der Waals surface area contributed by atoms with Crippen LogP contribution < -0.4 is 20.7 Å². The van der Waals surface area contributed by atoms with Crippen molar-refractivity contribution in [3.8, 4) is 5.75 Å². The number of carbonyl (C=O) groups excluding carboxylic acids is 2. The number of amides is 1. The van der Waals surface area contributed by atoms with Gasteiger partial charge in [-0.05, 0) is 42.6 Å². The molecule has 5 unspecified atom stereocenters. The van der Waals surface area contributed by atoms with Crippen molar-refractivity contribution in [2.24, 2.45) is 11.3 Å². The van der Waals surface area contributed by atoms with Gasteiger partial charge < -0.3 is 20.7 Å². The van der Waals surface area contributed by atoms with E-state index in [1.807, 2.05) is 37.4 Å². The lowest BCUT2D eigenvalue weighted by atomic mass is 9.40.